The third-order valence-electron chi connectivity index (χ3n) is 2.46. The van der Waals surface area contributed by atoms with E-state index in [9.17, 15) is 9.59 Å². The molecule has 1 aromatic heterocycles. The summed E-state index contributed by atoms with van der Waals surface area (Å²) >= 11 is 1.50. The summed E-state index contributed by atoms with van der Waals surface area (Å²) in [4.78, 5) is 23.4. The van der Waals surface area contributed by atoms with Crippen LogP contribution in [0.2, 0.25) is 0 Å². The van der Waals surface area contributed by atoms with Crippen molar-refractivity contribution in [2.75, 3.05) is 0 Å². The minimum atomic E-state index is -0.348. The number of hydrogen-bond acceptors (Lipinski definition) is 3. The lowest BCUT2D eigenvalue weighted by Gasteiger charge is -1.97. The van der Waals surface area contributed by atoms with Gasteiger partial charge in [0.05, 0.1) is 0 Å². The normalized spacial score (nSPS) is 10.6. The van der Waals surface area contributed by atoms with Crippen molar-refractivity contribution in [1.29, 1.82) is 0 Å². The third kappa shape index (κ3) is 1.91. The van der Waals surface area contributed by atoms with Crippen molar-refractivity contribution in [2.24, 2.45) is 0 Å². The van der Waals surface area contributed by atoms with Gasteiger partial charge in [-0.15, -0.1) is 11.3 Å². The van der Waals surface area contributed by atoms with E-state index in [-0.39, 0.29) is 11.6 Å². The van der Waals surface area contributed by atoms with Gasteiger partial charge < -0.3 is 0 Å². The molecule has 3 heteroatoms. The number of Topliss-reactive ketones (excluding diaryl/α,β-unsaturated/α-hetero) is 2. The van der Waals surface area contributed by atoms with Crippen LogP contribution in [0.5, 0.6) is 0 Å². The molecule has 0 saturated heterocycles. The Balaban J connectivity index is 2.40. The van der Waals surface area contributed by atoms with E-state index in [2.05, 4.69) is 0 Å². The van der Waals surface area contributed by atoms with Crippen molar-refractivity contribution in [3.05, 3.63) is 35.2 Å². The van der Waals surface area contributed by atoms with E-state index < -0.39 is 0 Å². The van der Waals surface area contributed by atoms with Crippen molar-refractivity contribution >= 4 is 33.0 Å². The Morgan fingerprint density at radius 3 is 2.75 bits per heavy atom. The molecular formula is C13H12O2S. The van der Waals surface area contributed by atoms with Gasteiger partial charge in [-0.05, 0) is 12.5 Å². The number of benzene rings is 1. The molecular weight excluding hydrogens is 220 g/mol. The number of thiophene rings is 1. The Labute approximate surface area is 97.9 Å². The predicted octanol–water partition coefficient (Wildman–Crippen LogP) is 3.45. The van der Waals surface area contributed by atoms with E-state index in [4.69, 9.17) is 0 Å². The van der Waals surface area contributed by atoms with Gasteiger partial charge in [-0.25, -0.2) is 0 Å². The van der Waals surface area contributed by atoms with E-state index in [1.54, 1.807) is 5.38 Å². The lowest BCUT2D eigenvalue weighted by Crippen LogP contribution is -2.12. The van der Waals surface area contributed by atoms with Crippen molar-refractivity contribution in [1.82, 2.24) is 0 Å². The summed E-state index contributed by atoms with van der Waals surface area (Å²) in [6.45, 7) is 1.90. The smallest absolute Gasteiger partial charge is 0.230 e. The first kappa shape index (κ1) is 11.0. The van der Waals surface area contributed by atoms with E-state index in [1.807, 2.05) is 31.2 Å². The third-order valence-corrected chi connectivity index (χ3v) is 3.42. The minimum Gasteiger partial charge on any atom is -0.290 e. The van der Waals surface area contributed by atoms with Gasteiger partial charge in [-0.1, -0.05) is 25.1 Å². The lowest BCUT2D eigenvalue weighted by molar-refractivity contribution is -0.115. The van der Waals surface area contributed by atoms with Crippen LogP contribution in [0.3, 0.4) is 0 Å². The summed E-state index contributed by atoms with van der Waals surface area (Å²) in [7, 11) is 0. The molecule has 16 heavy (non-hydrogen) atoms. The van der Waals surface area contributed by atoms with Crippen LogP contribution in [-0.2, 0) is 4.79 Å². The number of rotatable bonds is 4. The Kier molecular flexibility index (Phi) is 3.15. The summed E-state index contributed by atoms with van der Waals surface area (Å²) in [5.74, 6) is -0.634. The fourth-order valence-electron chi connectivity index (χ4n) is 1.64. The summed E-state index contributed by atoms with van der Waals surface area (Å²) in [6, 6.07) is 7.66. The molecule has 2 aromatic rings. The van der Waals surface area contributed by atoms with Gasteiger partial charge in [0.15, 0.2) is 0 Å². The highest BCUT2D eigenvalue weighted by Crippen LogP contribution is 2.26. The summed E-state index contributed by atoms with van der Waals surface area (Å²) in [5, 5.41) is 2.67. The van der Waals surface area contributed by atoms with Crippen LogP contribution in [0, 0.1) is 0 Å². The zero-order valence-corrected chi connectivity index (χ0v) is 9.84. The molecule has 0 aliphatic heterocycles. The summed E-state index contributed by atoms with van der Waals surface area (Å²) < 4.78 is 1.05. The van der Waals surface area contributed by atoms with Crippen molar-refractivity contribution in [3.63, 3.8) is 0 Å². The molecule has 0 unspecified atom stereocenters. The quantitative estimate of drug-likeness (QED) is 0.597. The highest BCUT2D eigenvalue weighted by atomic mass is 32.1. The van der Waals surface area contributed by atoms with E-state index in [0.717, 1.165) is 10.1 Å². The summed E-state index contributed by atoms with van der Waals surface area (Å²) in [5.41, 5.74) is 0.555. The Bertz CT molecular complexity index is 540. The molecule has 1 heterocycles. The Morgan fingerprint density at radius 2 is 2.00 bits per heavy atom. The van der Waals surface area contributed by atoms with Crippen LogP contribution in [0.25, 0.3) is 10.1 Å². The number of hydrogen-bond donors (Lipinski definition) is 0. The average Bonchev–Trinajstić information content (AvgIpc) is 2.72. The molecule has 82 valence electrons. The van der Waals surface area contributed by atoms with Gasteiger partial charge in [0.25, 0.3) is 0 Å². The van der Waals surface area contributed by atoms with Crippen molar-refractivity contribution in [3.8, 4) is 0 Å². The molecule has 0 N–H and O–H groups in total. The van der Waals surface area contributed by atoms with E-state index in [1.165, 1.54) is 11.3 Å². The van der Waals surface area contributed by atoms with Crippen LogP contribution < -0.4 is 0 Å². The molecule has 0 bridgehead atoms. The Hall–Kier alpha value is -1.48. The maximum atomic E-state index is 11.9. The molecule has 2 nitrogen and oxygen atoms in total. The minimum absolute atomic E-state index is 0.286. The fraction of sp³-hybridized carbons (Fsp3) is 0.231. The molecule has 0 radical (unpaired) electrons. The van der Waals surface area contributed by atoms with Gasteiger partial charge in [-0.3, -0.25) is 9.59 Å². The maximum Gasteiger partial charge on any atom is 0.230 e. The van der Waals surface area contributed by atoms with Crippen molar-refractivity contribution in [2.45, 2.75) is 19.8 Å². The Morgan fingerprint density at radius 1 is 1.25 bits per heavy atom. The van der Waals surface area contributed by atoms with Gasteiger partial charge in [0, 0.05) is 27.5 Å². The number of fused-ring (bicyclic) bond motifs is 1. The summed E-state index contributed by atoms with van der Waals surface area (Å²) in [6.07, 6.45) is 1.05. The van der Waals surface area contributed by atoms with Crippen LogP contribution in [0.1, 0.15) is 30.1 Å². The highest BCUT2D eigenvalue weighted by molar-refractivity contribution is 7.17. The van der Waals surface area contributed by atoms with Gasteiger partial charge in [0.1, 0.15) is 0 Å². The van der Waals surface area contributed by atoms with Gasteiger partial charge in [-0.2, -0.15) is 0 Å². The first-order valence-electron chi connectivity index (χ1n) is 5.27. The highest BCUT2D eigenvalue weighted by Gasteiger charge is 2.18. The first-order valence-corrected chi connectivity index (χ1v) is 6.15. The maximum absolute atomic E-state index is 11.9. The fourth-order valence-corrected chi connectivity index (χ4v) is 2.59. The second kappa shape index (κ2) is 4.58. The molecule has 2 rings (SSSR count). The van der Waals surface area contributed by atoms with Crippen molar-refractivity contribution < 1.29 is 9.59 Å². The standard InChI is InChI=1S/C13H12O2S/c1-2-5-11(14)13(15)10-8-16-12-7-4-3-6-9(10)12/h3-4,6-8H,2,5H2,1H3. The molecule has 1 aromatic carbocycles. The molecule has 0 fully saturated rings. The van der Waals surface area contributed by atoms with Gasteiger partial charge in [0.2, 0.25) is 11.6 Å². The molecule has 0 atom stereocenters. The second-order valence-electron chi connectivity index (χ2n) is 3.65. The topological polar surface area (TPSA) is 34.1 Å². The molecule has 0 aliphatic carbocycles. The zero-order chi connectivity index (χ0) is 11.5. The SMILES string of the molecule is CCCC(=O)C(=O)c1csc2ccccc12. The zero-order valence-electron chi connectivity index (χ0n) is 9.03. The van der Waals surface area contributed by atoms with Crippen LogP contribution in [0.15, 0.2) is 29.6 Å². The van der Waals surface area contributed by atoms with Crippen LogP contribution in [-0.4, -0.2) is 11.6 Å². The second-order valence-corrected chi connectivity index (χ2v) is 4.56. The molecule has 0 aliphatic rings. The molecule has 0 amide bonds. The number of ketones is 2. The number of carbonyl (C=O) groups is 2. The largest absolute Gasteiger partial charge is 0.290 e. The van der Waals surface area contributed by atoms with E-state index in [0.29, 0.717) is 18.4 Å². The molecule has 0 spiro atoms. The monoisotopic (exact) mass is 232 g/mol. The molecule has 0 saturated carbocycles. The predicted molar refractivity (Wildman–Crippen MR) is 66.1 cm³/mol. The van der Waals surface area contributed by atoms with Gasteiger partial charge >= 0.3 is 0 Å². The average molecular weight is 232 g/mol. The lowest BCUT2D eigenvalue weighted by atomic mass is 10.0. The number of carbonyl (C=O) groups excluding carboxylic acids is 2. The van der Waals surface area contributed by atoms with Crippen LogP contribution in [0.4, 0.5) is 0 Å². The van der Waals surface area contributed by atoms with Crippen LogP contribution >= 0.6 is 11.3 Å². The first-order chi connectivity index (χ1) is 7.74. The van der Waals surface area contributed by atoms with E-state index >= 15 is 0 Å².